The molecular formula is C13H15ClFNO2. The predicted molar refractivity (Wildman–Crippen MR) is 67.2 cm³/mol. The third kappa shape index (κ3) is 2.75. The van der Waals surface area contributed by atoms with Crippen molar-refractivity contribution >= 4 is 17.5 Å². The molecule has 1 aromatic rings. The number of carbonyl (C=O) groups excluding carboxylic acids is 1. The number of amides is 1. The van der Waals surface area contributed by atoms with Gasteiger partial charge in [0.25, 0.3) is 0 Å². The molecule has 0 radical (unpaired) electrons. The fraction of sp³-hybridized carbons (Fsp3) is 0.462. The number of rotatable bonds is 4. The molecule has 0 saturated carbocycles. The van der Waals surface area contributed by atoms with Gasteiger partial charge >= 0.3 is 0 Å². The predicted octanol–water partition coefficient (Wildman–Crippen LogP) is 2.42. The number of methoxy groups -OCH3 is 1. The van der Waals surface area contributed by atoms with Gasteiger partial charge in [-0.25, -0.2) is 4.39 Å². The van der Waals surface area contributed by atoms with Crippen molar-refractivity contribution in [2.75, 3.05) is 19.5 Å². The molecule has 0 bridgehead atoms. The van der Waals surface area contributed by atoms with Crippen LogP contribution in [0, 0.1) is 11.7 Å². The van der Waals surface area contributed by atoms with Crippen molar-refractivity contribution in [1.82, 2.24) is 4.90 Å². The van der Waals surface area contributed by atoms with Crippen LogP contribution in [0.1, 0.15) is 12.0 Å². The van der Waals surface area contributed by atoms with Crippen LogP contribution in [0.3, 0.4) is 0 Å². The largest absolute Gasteiger partial charge is 0.496 e. The Balaban J connectivity index is 2.12. The van der Waals surface area contributed by atoms with Gasteiger partial charge in [0, 0.05) is 37.0 Å². The smallest absolute Gasteiger partial charge is 0.223 e. The monoisotopic (exact) mass is 271 g/mol. The summed E-state index contributed by atoms with van der Waals surface area (Å²) in [6.07, 6.45) is 0.493. The average molecular weight is 272 g/mol. The third-order valence-electron chi connectivity index (χ3n) is 3.12. The second kappa shape index (κ2) is 5.57. The number of likely N-dealkylation sites (tertiary alicyclic amines) is 1. The molecular weight excluding hydrogens is 257 g/mol. The van der Waals surface area contributed by atoms with Crippen molar-refractivity contribution in [1.29, 1.82) is 0 Å². The Hall–Kier alpha value is -1.29. The summed E-state index contributed by atoms with van der Waals surface area (Å²) in [7, 11) is 1.49. The molecule has 18 heavy (non-hydrogen) atoms. The maximum atomic E-state index is 13.1. The number of nitrogens with zero attached hydrogens (tertiary/aromatic N) is 1. The molecule has 1 unspecified atom stereocenters. The molecule has 1 fully saturated rings. The van der Waals surface area contributed by atoms with Crippen molar-refractivity contribution < 1.29 is 13.9 Å². The number of hydrogen-bond donors (Lipinski definition) is 0. The zero-order valence-electron chi connectivity index (χ0n) is 10.2. The normalized spacial score (nSPS) is 19.4. The molecule has 2 rings (SSSR count). The number of ether oxygens (including phenoxy) is 1. The van der Waals surface area contributed by atoms with E-state index in [1.165, 1.54) is 19.2 Å². The molecule has 0 spiro atoms. The minimum Gasteiger partial charge on any atom is -0.496 e. The topological polar surface area (TPSA) is 29.5 Å². The second-order valence-corrected chi connectivity index (χ2v) is 4.76. The van der Waals surface area contributed by atoms with Crippen LogP contribution < -0.4 is 4.74 Å². The minimum absolute atomic E-state index is 0.0898. The summed E-state index contributed by atoms with van der Waals surface area (Å²) in [5, 5.41) is 0. The van der Waals surface area contributed by atoms with E-state index in [9.17, 15) is 9.18 Å². The Morgan fingerprint density at radius 3 is 2.94 bits per heavy atom. The van der Waals surface area contributed by atoms with Gasteiger partial charge in [0.2, 0.25) is 5.91 Å². The lowest BCUT2D eigenvalue weighted by Gasteiger charge is -2.18. The van der Waals surface area contributed by atoms with Crippen molar-refractivity contribution in [3.05, 3.63) is 29.6 Å². The molecule has 3 nitrogen and oxygen atoms in total. The zero-order valence-corrected chi connectivity index (χ0v) is 10.9. The lowest BCUT2D eigenvalue weighted by molar-refractivity contribution is -0.128. The van der Waals surface area contributed by atoms with Crippen molar-refractivity contribution in [3.63, 3.8) is 0 Å². The summed E-state index contributed by atoms with van der Waals surface area (Å²) >= 11 is 5.77. The summed E-state index contributed by atoms with van der Waals surface area (Å²) < 4.78 is 18.2. The number of hydrogen-bond acceptors (Lipinski definition) is 2. The highest BCUT2D eigenvalue weighted by molar-refractivity contribution is 6.18. The highest BCUT2D eigenvalue weighted by atomic mass is 35.5. The van der Waals surface area contributed by atoms with E-state index in [2.05, 4.69) is 0 Å². The van der Waals surface area contributed by atoms with E-state index < -0.39 is 0 Å². The Bertz CT molecular complexity index is 453. The number of alkyl halides is 1. The summed E-state index contributed by atoms with van der Waals surface area (Å²) in [5.74, 6) is 0.916. The van der Waals surface area contributed by atoms with Gasteiger partial charge in [-0.05, 0) is 12.0 Å². The van der Waals surface area contributed by atoms with Crippen LogP contribution in [-0.4, -0.2) is 30.3 Å². The fourth-order valence-electron chi connectivity index (χ4n) is 2.16. The molecule has 1 atom stereocenters. The molecule has 0 N–H and O–H groups in total. The molecule has 0 aliphatic carbocycles. The van der Waals surface area contributed by atoms with Crippen molar-refractivity contribution in [2.45, 2.75) is 13.0 Å². The molecule has 1 aliphatic rings. The van der Waals surface area contributed by atoms with Crippen LogP contribution in [0.2, 0.25) is 0 Å². The van der Waals surface area contributed by atoms with Gasteiger partial charge in [0.05, 0.1) is 7.11 Å². The summed E-state index contributed by atoms with van der Waals surface area (Å²) in [5.41, 5.74) is 0.808. The molecule has 1 aromatic carbocycles. The quantitative estimate of drug-likeness (QED) is 0.787. The van der Waals surface area contributed by atoms with Gasteiger partial charge in [-0.3, -0.25) is 4.79 Å². The van der Waals surface area contributed by atoms with Crippen molar-refractivity contribution in [3.8, 4) is 5.75 Å². The fourth-order valence-corrected chi connectivity index (χ4v) is 2.37. The van der Waals surface area contributed by atoms with Crippen molar-refractivity contribution in [2.24, 2.45) is 5.92 Å². The van der Waals surface area contributed by atoms with Crippen LogP contribution in [0.5, 0.6) is 5.75 Å². The van der Waals surface area contributed by atoms with Crippen LogP contribution in [-0.2, 0) is 11.3 Å². The molecule has 0 aromatic heterocycles. The lowest BCUT2D eigenvalue weighted by atomic mass is 10.1. The van der Waals surface area contributed by atoms with E-state index in [1.54, 1.807) is 11.0 Å². The third-order valence-corrected chi connectivity index (χ3v) is 3.56. The SMILES string of the molecule is COc1cc(F)ccc1CN1CC(CCl)CC1=O. The van der Waals surface area contributed by atoms with Gasteiger partial charge in [0.1, 0.15) is 11.6 Å². The molecule has 1 aliphatic heterocycles. The van der Waals surface area contributed by atoms with Gasteiger partial charge in [-0.15, -0.1) is 11.6 Å². The number of halogens is 2. The maximum Gasteiger partial charge on any atom is 0.223 e. The lowest BCUT2D eigenvalue weighted by Crippen LogP contribution is -2.25. The highest BCUT2D eigenvalue weighted by Gasteiger charge is 2.29. The van der Waals surface area contributed by atoms with Gasteiger partial charge in [0.15, 0.2) is 0 Å². The number of carbonyl (C=O) groups is 1. The number of benzene rings is 1. The van der Waals surface area contributed by atoms with Crippen LogP contribution in [0.15, 0.2) is 18.2 Å². The molecule has 1 heterocycles. The average Bonchev–Trinajstić information content (AvgIpc) is 2.72. The Kier molecular flexibility index (Phi) is 4.07. The van der Waals surface area contributed by atoms with Crippen LogP contribution >= 0.6 is 11.6 Å². The van der Waals surface area contributed by atoms with E-state index in [0.717, 1.165) is 5.56 Å². The van der Waals surface area contributed by atoms with E-state index in [1.807, 2.05) is 0 Å². The molecule has 5 heteroatoms. The molecule has 1 amide bonds. The summed E-state index contributed by atoms with van der Waals surface area (Å²) in [6.45, 7) is 1.10. The van der Waals surface area contributed by atoms with Gasteiger partial charge in [-0.2, -0.15) is 0 Å². The van der Waals surface area contributed by atoms with E-state index in [0.29, 0.717) is 31.1 Å². The molecule has 1 saturated heterocycles. The zero-order chi connectivity index (χ0) is 13.1. The Morgan fingerprint density at radius 1 is 1.56 bits per heavy atom. The summed E-state index contributed by atoms with van der Waals surface area (Å²) in [4.78, 5) is 13.5. The minimum atomic E-state index is -0.345. The molecule has 98 valence electrons. The first-order valence-corrected chi connectivity index (χ1v) is 6.33. The first kappa shape index (κ1) is 13.1. The summed E-state index contributed by atoms with van der Waals surface area (Å²) in [6, 6.07) is 4.35. The first-order valence-electron chi connectivity index (χ1n) is 5.80. The van der Waals surface area contributed by atoms with Gasteiger partial charge < -0.3 is 9.64 Å². The Labute approximate surface area is 110 Å². The second-order valence-electron chi connectivity index (χ2n) is 4.45. The first-order chi connectivity index (χ1) is 8.63. The van der Waals surface area contributed by atoms with Gasteiger partial charge in [-0.1, -0.05) is 6.07 Å². The van der Waals surface area contributed by atoms with E-state index >= 15 is 0 Å². The standard InChI is InChI=1S/C13H15ClFNO2/c1-18-12-5-11(15)3-2-10(12)8-16-7-9(6-14)4-13(16)17/h2-3,5,9H,4,6-8H2,1H3. The van der Waals surface area contributed by atoms with Crippen LogP contribution in [0.25, 0.3) is 0 Å². The van der Waals surface area contributed by atoms with Crippen LogP contribution in [0.4, 0.5) is 4.39 Å². The van der Waals surface area contributed by atoms with E-state index in [-0.39, 0.29) is 17.6 Å². The Morgan fingerprint density at radius 2 is 2.33 bits per heavy atom. The van der Waals surface area contributed by atoms with E-state index in [4.69, 9.17) is 16.3 Å². The maximum absolute atomic E-state index is 13.1. The highest BCUT2D eigenvalue weighted by Crippen LogP contribution is 2.25.